The fourth-order valence-corrected chi connectivity index (χ4v) is 2.93. The summed E-state index contributed by atoms with van der Waals surface area (Å²) < 4.78 is 38.3. The summed E-state index contributed by atoms with van der Waals surface area (Å²) in [5.41, 5.74) is -0.0698. The minimum absolute atomic E-state index is 0.0798. The van der Waals surface area contributed by atoms with E-state index in [1.807, 2.05) is 7.05 Å². The van der Waals surface area contributed by atoms with Crippen molar-refractivity contribution in [3.05, 3.63) is 65.2 Å². The molecule has 2 amide bonds. The first-order chi connectivity index (χ1) is 13.2. The largest absolute Gasteiger partial charge is 0.416 e. The highest BCUT2D eigenvalue weighted by Crippen LogP contribution is 2.29. The second-order valence-corrected chi connectivity index (χ2v) is 6.71. The second kappa shape index (κ2) is 8.02. The highest BCUT2D eigenvalue weighted by Gasteiger charge is 2.30. The molecular formula is C20H20F3N3O2. The van der Waals surface area contributed by atoms with Crippen molar-refractivity contribution in [2.45, 2.75) is 6.18 Å². The summed E-state index contributed by atoms with van der Waals surface area (Å²) in [6.45, 7) is 2.94. The van der Waals surface area contributed by atoms with E-state index in [1.54, 1.807) is 29.2 Å². The van der Waals surface area contributed by atoms with Crippen LogP contribution in [0.25, 0.3) is 0 Å². The van der Waals surface area contributed by atoms with Gasteiger partial charge in [-0.3, -0.25) is 9.59 Å². The van der Waals surface area contributed by atoms with Gasteiger partial charge in [-0.15, -0.1) is 0 Å². The average Bonchev–Trinajstić information content (AvgIpc) is 2.68. The number of hydrogen-bond donors (Lipinski definition) is 1. The molecule has 8 heteroatoms. The van der Waals surface area contributed by atoms with Crippen LogP contribution in [0.5, 0.6) is 0 Å². The monoisotopic (exact) mass is 391 g/mol. The quantitative estimate of drug-likeness (QED) is 0.873. The molecular weight excluding hydrogens is 371 g/mol. The van der Waals surface area contributed by atoms with Crippen LogP contribution in [-0.4, -0.2) is 54.8 Å². The fraction of sp³-hybridized carbons (Fsp3) is 0.300. The van der Waals surface area contributed by atoms with Gasteiger partial charge in [0.05, 0.1) is 5.56 Å². The Morgan fingerprint density at radius 3 is 2.18 bits per heavy atom. The van der Waals surface area contributed by atoms with Crippen molar-refractivity contribution in [2.24, 2.45) is 0 Å². The normalized spacial score (nSPS) is 15.4. The first kappa shape index (κ1) is 19.9. The first-order valence-electron chi connectivity index (χ1n) is 8.80. The SMILES string of the molecule is CN1CCN(C(=O)c2ccc(NC(=O)c3cccc(C(F)(F)F)c3)cc2)CC1. The number of piperazine rings is 1. The van der Waals surface area contributed by atoms with E-state index in [2.05, 4.69) is 10.2 Å². The van der Waals surface area contributed by atoms with Crippen molar-refractivity contribution in [2.75, 3.05) is 38.5 Å². The molecule has 0 aliphatic carbocycles. The van der Waals surface area contributed by atoms with Crippen LogP contribution < -0.4 is 5.32 Å². The predicted molar refractivity (Wildman–Crippen MR) is 99.2 cm³/mol. The van der Waals surface area contributed by atoms with Crippen molar-refractivity contribution in [1.82, 2.24) is 9.80 Å². The van der Waals surface area contributed by atoms with Gasteiger partial charge in [-0.1, -0.05) is 6.07 Å². The molecule has 0 saturated carbocycles. The summed E-state index contributed by atoms with van der Waals surface area (Å²) in [5, 5.41) is 2.55. The highest BCUT2D eigenvalue weighted by molar-refractivity contribution is 6.04. The molecule has 0 aromatic heterocycles. The van der Waals surface area contributed by atoms with Gasteiger partial charge in [0, 0.05) is 43.0 Å². The van der Waals surface area contributed by atoms with Gasteiger partial charge in [0.25, 0.3) is 11.8 Å². The Morgan fingerprint density at radius 1 is 0.929 bits per heavy atom. The zero-order chi connectivity index (χ0) is 20.3. The molecule has 1 saturated heterocycles. The Kier molecular flexibility index (Phi) is 5.69. The lowest BCUT2D eigenvalue weighted by molar-refractivity contribution is -0.137. The van der Waals surface area contributed by atoms with E-state index in [-0.39, 0.29) is 11.5 Å². The first-order valence-corrected chi connectivity index (χ1v) is 8.80. The van der Waals surface area contributed by atoms with Crippen LogP contribution in [-0.2, 0) is 6.18 Å². The lowest BCUT2D eigenvalue weighted by atomic mass is 10.1. The van der Waals surface area contributed by atoms with E-state index in [0.29, 0.717) is 24.3 Å². The van der Waals surface area contributed by atoms with Gasteiger partial charge in [0.2, 0.25) is 0 Å². The molecule has 0 spiro atoms. The average molecular weight is 391 g/mol. The smallest absolute Gasteiger partial charge is 0.336 e. The van der Waals surface area contributed by atoms with E-state index >= 15 is 0 Å². The number of carbonyl (C=O) groups is 2. The molecule has 0 atom stereocenters. The van der Waals surface area contributed by atoms with Gasteiger partial charge in [-0.05, 0) is 49.5 Å². The summed E-state index contributed by atoms with van der Waals surface area (Å²) in [6.07, 6.45) is -4.51. The van der Waals surface area contributed by atoms with Gasteiger partial charge in [-0.2, -0.15) is 13.2 Å². The second-order valence-electron chi connectivity index (χ2n) is 6.71. The number of carbonyl (C=O) groups excluding carboxylic acids is 2. The van der Waals surface area contributed by atoms with E-state index in [4.69, 9.17) is 0 Å². The molecule has 148 valence electrons. The van der Waals surface area contributed by atoms with Crippen molar-refractivity contribution < 1.29 is 22.8 Å². The van der Waals surface area contributed by atoms with Gasteiger partial charge < -0.3 is 15.1 Å². The molecule has 1 N–H and O–H groups in total. The van der Waals surface area contributed by atoms with Crippen molar-refractivity contribution >= 4 is 17.5 Å². The number of hydrogen-bond acceptors (Lipinski definition) is 3. The van der Waals surface area contributed by atoms with Gasteiger partial charge in [-0.25, -0.2) is 0 Å². The number of nitrogens with one attached hydrogen (secondary N) is 1. The van der Waals surface area contributed by atoms with Gasteiger partial charge in [0.15, 0.2) is 0 Å². The van der Waals surface area contributed by atoms with Crippen molar-refractivity contribution in [3.63, 3.8) is 0 Å². The molecule has 0 radical (unpaired) electrons. The number of likely N-dealkylation sites (N-methyl/N-ethyl adjacent to an activating group) is 1. The molecule has 1 fully saturated rings. The lowest BCUT2D eigenvalue weighted by Gasteiger charge is -2.32. The van der Waals surface area contributed by atoms with E-state index in [0.717, 1.165) is 25.2 Å². The maximum absolute atomic E-state index is 12.8. The Morgan fingerprint density at radius 2 is 1.57 bits per heavy atom. The zero-order valence-electron chi connectivity index (χ0n) is 15.3. The topological polar surface area (TPSA) is 52.6 Å². The van der Waals surface area contributed by atoms with E-state index < -0.39 is 17.6 Å². The van der Waals surface area contributed by atoms with Crippen molar-refractivity contribution in [1.29, 1.82) is 0 Å². The zero-order valence-corrected chi connectivity index (χ0v) is 15.3. The van der Waals surface area contributed by atoms with Crippen LogP contribution in [0.1, 0.15) is 26.3 Å². The Balaban J connectivity index is 1.66. The summed E-state index contributed by atoms with van der Waals surface area (Å²) >= 11 is 0. The molecule has 1 aliphatic rings. The van der Waals surface area contributed by atoms with Crippen LogP contribution in [0.3, 0.4) is 0 Å². The molecule has 0 unspecified atom stereocenters. The van der Waals surface area contributed by atoms with Crippen LogP contribution in [0, 0.1) is 0 Å². The van der Waals surface area contributed by atoms with Crippen LogP contribution in [0.15, 0.2) is 48.5 Å². The maximum atomic E-state index is 12.8. The minimum atomic E-state index is -4.51. The van der Waals surface area contributed by atoms with Gasteiger partial charge >= 0.3 is 6.18 Å². The standard InChI is InChI=1S/C20H20F3N3O2/c1-25-9-11-26(12-10-25)19(28)14-5-7-17(8-6-14)24-18(27)15-3-2-4-16(13-15)20(21,22)23/h2-8,13H,9-12H2,1H3,(H,24,27). The third kappa shape index (κ3) is 4.69. The molecule has 1 aliphatic heterocycles. The van der Waals surface area contributed by atoms with Crippen molar-refractivity contribution in [3.8, 4) is 0 Å². The number of anilines is 1. The number of halogens is 3. The fourth-order valence-electron chi connectivity index (χ4n) is 2.93. The highest BCUT2D eigenvalue weighted by atomic mass is 19.4. The van der Waals surface area contributed by atoms with Crippen LogP contribution in [0.4, 0.5) is 18.9 Å². The summed E-state index contributed by atoms with van der Waals surface area (Å²) in [4.78, 5) is 28.7. The number of alkyl halides is 3. The van der Waals surface area contributed by atoms with E-state index in [1.165, 1.54) is 12.1 Å². The summed E-state index contributed by atoms with van der Waals surface area (Å²) in [7, 11) is 2.00. The number of nitrogens with zero attached hydrogens (tertiary/aromatic N) is 2. The van der Waals surface area contributed by atoms with Gasteiger partial charge in [0.1, 0.15) is 0 Å². The molecule has 1 heterocycles. The Labute approximate surface area is 160 Å². The molecule has 2 aromatic rings. The molecule has 3 rings (SSSR count). The number of benzene rings is 2. The molecule has 0 bridgehead atoms. The molecule has 28 heavy (non-hydrogen) atoms. The lowest BCUT2D eigenvalue weighted by Crippen LogP contribution is -2.47. The number of rotatable bonds is 3. The Bertz CT molecular complexity index is 858. The third-order valence-corrected chi connectivity index (χ3v) is 4.63. The number of amides is 2. The molecule has 5 nitrogen and oxygen atoms in total. The van der Waals surface area contributed by atoms with Crippen LogP contribution in [0.2, 0.25) is 0 Å². The third-order valence-electron chi connectivity index (χ3n) is 4.63. The molecule has 2 aromatic carbocycles. The predicted octanol–water partition coefficient (Wildman–Crippen LogP) is 3.35. The maximum Gasteiger partial charge on any atom is 0.416 e. The van der Waals surface area contributed by atoms with E-state index in [9.17, 15) is 22.8 Å². The summed E-state index contributed by atoms with van der Waals surface area (Å²) in [5.74, 6) is -0.729. The summed E-state index contributed by atoms with van der Waals surface area (Å²) in [6, 6.07) is 10.6. The minimum Gasteiger partial charge on any atom is -0.336 e. The van der Waals surface area contributed by atoms with Crippen LogP contribution >= 0.6 is 0 Å². The Hall–Kier alpha value is -2.87.